The van der Waals surface area contributed by atoms with Gasteiger partial charge in [0.25, 0.3) is 5.91 Å². The van der Waals surface area contributed by atoms with E-state index in [2.05, 4.69) is 23.7 Å². The van der Waals surface area contributed by atoms with Gasteiger partial charge < -0.3 is 10.6 Å². The molecule has 2 N–H and O–H groups in total. The molecule has 0 aliphatic carbocycles. The van der Waals surface area contributed by atoms with E-state index < -0.39 is 0 Å². The first kappa shape index (κ1) is 14.8. The Hall–Kier alpha value is -1.62. The second kappa shape index (κ2) is 6.22. The van der Waals surface area contributed by atoms with E-state index in [1.807, 2.05) is 11.8 Å². The maximum atomic E-state index is 12.6. The van der Waals surface area contributed by atoms with Gasteiger partial charge in [-0.25, -0.2) is 0 Å². The van der Waals surface area contributed by atoms with Crippen molar-refractivity contribution in [2.24, 2.45) is 0 Å². The number of hydrogen-bond acceptors (Lipinski definition) is 4. The van der Waals surface area contributed by atoms with Gasteiger partial charge in [0, 0.05) is 19.1 Å². The van der Waals surface area contributed by atoms with Crippen LogP contribution in [0.4, 0.5) is 5.69 Å². The number of aromatic nitrogens is 1. The smallest absolute Gasteiger partial charge is 0.255 e. The van der Waals surface area contributed by atoms with Crippen LogP contribution in [-0.4, -0.2) is 52.9 Å². The second-order valence-electron chi connectivity index (χ2n) is 5.32. The summed E-state index contributed by atoms with van der Waals surface area (Å²) < 4.78 is 0. The number of anilines is 1. The molecule has 0 radical (unpaired) electrons. The number of nitrogens with zero attached hydrogens (tertiary/aromatic N) is 3. The molecule has 1 amide bonds. The van der Waals surface area contributed by atoms with Crippen LogP contribution in [-0.2, 0) is 0 Å². The second-order valence-corrected chi connectivity index (χ2v) is 5.32. The number of nitrogens with two attached hydrogens (primary N) is 1. The molecular formula is C15H24N4O. The highest BCUT2D eigenvalue weighted by atomic mass is 16.2. The Kier molecular flexibility index (Phi) is 4.60. The van der Waals surface area contributed by atoms with Crippen molar-refractivity contribution in [3.05, 3.63) is 23.5 Å². The average molecular weight is 276 g/mol. The molecule has 2 heterocycles. The van der Waals surface area contributed by atoms with Crippen molar-refractivity contribution < 1.29 is 4.79 Å². The van der Waals surface area contributed by atoms with E-state index in [1.54, 1.807) is 12.3 Å². The predicted molar refractivity (Wildman–Crippen MR) is 80.6 cm³/mol. The lowest BCUT2D eigenvalue weighted by Crippen LogP contribution is -2.38. The molecule has 1 aromatic rings. The Labute approximate surface area is 120 Å². The van der Waals surface area contributed by atoms with Crippen LogP contribution in [0.2, 0.25) is 0 Å². The molecule has 2 rings (SSSR count). The number of carbonyl (C=O) groups is 1. The Morgan fingerprint density at radius 1 is 1.50 bits per heavy atom. The fraction of sp³-hybridized carbons (Fsp3) is 0.600. The zero-order valence-corrected chi connectivity index (χ0v) is 12.6. The van der Waals surface area contributed by atoms with Gasteiger partial charge in [0.05, 0.1) is 23.1 Å². The molecule has 110 valence electrons. The molecule has 1 atom stereocenters. The highest BCUT2D eigenvalue weighted by Gasteiger charge is 2.30. The van der Waals surface area contributed by atoms with Gasteiger partial charge in [-0.05, 0) is 32.5 Å². The van der Waals surface area contributed by atoms with E-state index in [0.717, 1.165) is 38.3 Å². The molecule has 1 aromatic heterocycles. The van der Waals surface area contributed by atoms with E-state index in [9.17, 15) is 4.79 Å². The molecule has 0 spiro atoms. The Morgan fingerprint density at radius 3 is 2.85 bits per heavy atom. The number of amides is 1. The highest BCUT2D eigenvalue weighted by Crippen LogP contribution is 2.20. The normalized spacial score (nSPS) is 18.8. The first-order valence-electron chi connectivity index (χ1n) is 7.32. The molecular weight excluding hydrogens is 252 g/mol. The van der Waals surface area contributed by atoms with Gasteiger partial charge in [0.15, 0.2) is 0 Å². The quantitative estimate of drug-likeness (QED) is 0.906. The Balaban J connectivity index is 2.10. The molecule has 1 aliphatic heterocycles. The Morgan fingerprint density at radius 2 is 2.20 bits per heavy atom. The Bertz CT molecular complexity index is 485. The summed E-state index contributed by atoms with van der Waals surface area (Å²) in [4.78, 5) is 21.1. The average Bonchev–Trinajstić information content (AvgIpc) is 2.92. The molecule has 1 unspecified atom stereocenters. The van der Waals surface area contributed by atoms with Crippen LogP contribution in [0.15, 0.2) is 12.3 Å². The standard InChI is InChI=1S/C15H24N4O/c1-4-18(5-2)13-6-7-19(10-13)15(20)14-8-12(16)9-17-11(14)3/h8-9,13H,4-7,10,16H2,1-3H3. The van der Waals surface area contributed by atoms with Crippen LogP contribution in [0.25, 0.3) is 0 Å². The number of aryl methyl sites for hydroxylation is 1. The molecule has 1 saturated heterocycles. The number of rotatable bonds is 4. The van der Waals surface area contributed by atoms with E-state index in [-0.39, 0.29) is 5.91 Å². The van der Waals surface area contributed by atoms with Crippen molar-refractivity contribution in [2.45, 2.75) is 33.2 Å². The minimum atomic E-state index is 0.0527. The fourth-order valence-electron chi connectivity index (χ4n) is 2.90. The van der Waals surface area contributed by atoms with Crippen molar-refractivity contribution in [1.82, 2.24) is 14.8 Å². The van der Waals surface area contributed by atoms with Gasteiger partial charge in [0.1, 0.15) is 0 Å². The molecule has 0 bridgehead atoms. The molecule has 1 fully saturated rings. The number of carbonyl (C=O) groups excluding carboxylic acids is 1. The van der Waals surface area contributed by atoms with Crippen molar-refractivity contribution in [3.63, 3.8) is 0 Å². The van der Waals surface area contributed by atoms with E-state index >= 15 is 0 Å². The summed E-state index contributed by atoms with van der Waals surface area (Å²) in [5.41, 5.74) is 7.66. The van der Waals surface area contributed by atoms with Crippen LogP contribution in [0, 0.1) is 6.92 Å². The van der Waals surface area contributed by atoms with Crippen molar-refractivity contribution in [2.75, 3.05) is 31.9 Å². The summed E-state index contributed by atoms with van der Waals surface area (Å²) in [5.74, 6) is 0.0527. The molecule has 5 heteroatoms. The van der Waals surface area contributed by atoms with Gasteiger partial charge in [-0.3, -0.25) is 14.7 Å². The zero-order chi connectivity index (χ0) is 14.7. The van der Waals surface area contributed by atoms with E-state index in [4.69, 9.17) is 5.73 Å². The first-order valence-corrected chi connectivity index (χ1v) is 7.32. The van der Waals surface area contributed by atoms with Crippen molar-refractivity contribution in [3.8, 4) is 0 Å². The minimum absolute atomic E-state index is 0.0527. The van der Waals surface area contributed by atoms with E-state index in [1.165, 1.54) is 0 Å². The van der Waals surface area contributed by atoms with Gasteiger partial charge in [0.2, 0.25) is 0 Å². The van der Waals surface area contributed by atoms with Gasteiger partial charge in [-0.2, -0.15) is 0 Å². The summed E-state index contributed by atoms with van der Waals surface area (Å²) in [6.07, 6.45) is 2.64. The fourth-order valence-corrected chi connectivity index (χ4v) is 2.90. The monoisotopic (exact) mass is 276 g/mol. The molecule has 1 aliphatic rings. The lowest BCUT2D eigenvalue weighted by Gasteiger charge is -2.26. The third-order valence-corrected chi connectivity index (χ3v) is 4.12. The SMILES string of the molecule is CCN(CC)C1CCN(C(=O)c2cc(N)cnc2C)C1. The summed E-state index contributed by atoms with van der Waals surface area (Å²) in [6.45, 7) is 9.86. The maximum absolute atomic E-state index is 12.6. The van der Waals surface area contributed by atoms with Gasteiger partial charge in [-0.1, -0.05) is 13.8 Å². The van der Waals surface area contributed by atoms with Crippen LogP contribution in [0.3, 0.4) is 0 Å². The minimum Gasteiger partial charge on any atom is -0.397 e. The van der Waals surface area contributed by atoms with Crippen LogP contribution >= 0.6 is 0 Å². The summed E-state index contributed by atoms with van der Waals surface area (Å²) >= 11 is 0. The summed E-state index contributed by atoms with van der Waals surface area (Å²) in [6, 6.07) is 2.21. The van der Waals surface area contributed by atoms with Crippen LogP contribution in [0.5, 0.6) is 0 Å². The molecule has 5 nitrogen and oxygen atoms in total. The molecule has 0 saturated carbocycles. The third kappa shape index (κ3) is 2.93. The zero-order valence-electron chi connectivity index (χ0n) is 12.6. The molecule has 20 heavy (non-hydrogen) atoms. The summed E-state index contributed by atoms with van der Waals surface area (Å²) in [7, 11) is 0. The topological polar surface area (TPSA) is 62.5 Å². The molecule has 0 aromatic carbocycles. The van der Waals surface area contributed by atoms with Crippen molar-refractivity contribution >= 4 is 11.6 Å². The van der Waals surface area contributed by atoms with Crippen LogP contribution in [0.1, 0.15) is 36.3 Å². The highest BCUT2D eigenvalue weighted by molar-refractivity contribution is 5.96. The number of nitrogen functional groups attached to an aromatic ring is 1. The third-order valence-electron chi connectivity index (χ3n) is 4.12. The lowest BCUT2D eigenvalue weighted by atomic mass is 10.1. The summed E-state index contributed by atoms with van der Waals surface area (Å²) in [5, 5.41) is 0. The number of pyridine rings is 1. The number of hydrogen-bond donors (Lipinski definition) is 1. The number of likely N-dealkylation sites (N-methyl/N-ethyl adjacent to an activating group) is 1. The largest absolute Gasteiger partial charge is 0.397 e. The van der Waals surface area contributed by atoms with Crippen molar-refractivity contribution in [1.29, 1.82) is 0 Å². The van der Waals surface area contributed by atoms with Gasteiger partial charge >= 0.3 is 0 Å². The maximum Gasteiger partial charge on any atom is 0.255 e. The predicted octanol–water partition coefficient (Wildman–Crippen LogP) is 1.53. The first-order chi connectivity index (χ1) is 9.56. The van der Waals surface area contributed by atoms with E-state index in [0.29, 0.717) is 17.3 Å². The lowest BCUT2D eigenvalue weighted by molar-refractivity contribution is 0.0777. The number of likely N-dealkylation sites (tertiary alicyclic amines) is 1. The van der Waals surface area contributed by atoms with Gasteiger partial charge in [-0.15, -0.1) is 0 Å². The van der Waals surface area contributed by atoms with Crippen LogP contribution < -0.4 is 5.73 Å².